The highest BCUT2D eigenvalue weighted by Gasteiger charge is 2.02. The van der Waals surface area contributed by atoms with Gasteiger partial charge >= 0.3 is 0 Å². The molecule has 0 atom stereocenters. The van der Waals surface area contributed by atoms with Crippen molar-refractivity contribution in [2.75, 3.05) is 18.9 Å². The van der Waals surface area contributed by atoms with Crippen LogP contribution in [0.3, 0.4) is 0 Å². The second-order valence-corrected chi connectivity index (χ2v) is 5.13. The van der Waals surface area contributed by atoms with E-state index in [0.29, 0.717) is 23.9 Å². The Morgan fingerprint density at radius 2 is 1.84 bits per heavy atom. The average molecular weight is 343 g/mol. The summed E-state index contributed by atoms with van der Waals surface area (Å²) in [5, 5.41) is 0.662. The Hall–Kier alpha value is -1.39. The Kier molecular flexibility index (Phi) is 4.93. The van der Waals surface area contributed by atoms with E-state index in [-0.39, 0.29) is 0 Å². The summed E-state index contributed by atoms with van der Waals surface area (Å²) in [6, 6.07) is 12.7. The smallest absolute Gasteiger partial charge is 0.133 e. The molecular formula is C14H13BrClNO2. The highest BCUT2D eigenvalue weighted by molar-refractivity contribution is 9.10. The molecule has 0 aromatic heterocycles. The Morgan fingerprint density at radius 3 is 2.58 bits per heavy atom. The largest absolute Gasteiger partial charge is 0.490 e. The van der Waals surface area contributed by atoms with Gasteiger partial charge in [-0.1, -0.05) is 17.7 Å². The number of hydrogen-bond donors (Lipinski definition) is 1. The van der Waals surface area contributed by atoms with Crippen molar-refractivity contribution >= 4 is 33.2 Å². The fraction of sp³-hybridized carbons (Fsp3) is 0.143. The monoisotopic (exact) mass is 341 g/mol. The SMILES string of the molecule is Nc1cccc(OCCOc2ccc(Cl)cc2Br)c1. The van der Waals surface area contributed by atoms with Crippen molar-refractivity contribution in [1.29, 1.82) is 0 Å². The Balaban J connectivity index is 1.81. The van der Waals surface area contributed by atoms with E-state index >= 15 is 0 Å². The number of nitrogen functional groups attached to an aromatic ring is 1. The van der Waals surface area contributed by atoms with Gasteiger partial charge < -0.3 is 15.2 Å². The first kappa shape index (κ1) is 14.0. The second kappa shape index (κ2) is 6.68. The Bertz CT molecular complexity index is 563. The van der Waals surface area contributed by atoms with Crippen molar-refractivity contribution in [1.82, 2.24) is 0 Å². The zero-order chi connectivity index (χ0) is 13.7. The van der Waals surface area contributed by atoms with Crippen LogP contribution < -0.4 is 15.2 Å². The van der Waals surface area contributed by atoms with Gasteiger partial charge in [0, 0.05) is 16.8 Å². The van der Waals surface area contributed by atoms with E-state index in [1.807, 2.05) is 24.3 Å². The molecule has 0 aliphatic heterocycles. The molecule has 0 fully saturated rings. The zero-order valence-electron chi connectivity index (χ0n) is 10.1. The third kappa shape index (κ3) is 4.33. The first-order valence-electron chi connectivity index (χ1n) is 5.71. The molecule has 0 saturated heterocycles. The summed E-state index contributed by atoms with van der Waals surface area (Å²) in [5.41, 5.74) is 6.34. The van der Waals surface area contributed by atoms with E-state index in [2.05, 4.69) is 15.9 Å². The maximum absolute atomic E-state index is 5.85. The van der Waals surface area contributed by atoms with Crippen molar-refractivity contribution in [3.8, 4) is 11.5 Å². The Labute approximate surface area is 125 Å². The van der Waals surface area contributed by atoms with Crippen LogP contribution in [0, 0.1) is 0 Å². The van der Waals surface area contributed by atoms with Crippen molar-refractivity contribution in [3.63, 3.8) is 0 Å². The average Bonchev–Trinajstić information content (AvgIpc) is 2.37. The maximum atomic E-state index is 5.85. The lowest BCUT2D eigenvalue weighted by atomic mass is 10.3. The molecule has 0 bridgehead atoms. The molecule has 5 heteroatoms. The number of benzene rings is 2. The minimum Gasteiger partial charge on any atom is -0.490 e. The molecule has 2 aromatic carbocycles. The van der Waals surface area contributed by atoms with Gasteiger partial charge in [0.25, 0.3) is 0 Å². The van der Waals surface area contributed by atoms with Crippen LogP contribution in [0.25, 0.3) is 0 Å². The van der Waals surface area contributed by atoms with Crippen LogP contribution in [0.2, 0.25) is 5.02 Å². The van der Waals surface area contributed by atoms with Gasteiger partial charge in [-0.2, -0.15) is 0 Å². The molecule has 19 heavy (non-hydrogen) atoms. The third-order valence-electron chi connectivity index (χ3n) is 2.36. The first-order valence-corrected chi connectivity index (χ1v) is 6.88. The number of halogens is 2. The maximum Gasteiger partial charge on any atom is 0.133 e. The van der Waals surface area contributed by atoms with E-state index in [1.165, 1.54) is 0 Å². The summed E-state index contributed by atoms with van der Waals surface area (Å²) in [7, 11) is 0. The van der Waals surface area contributed by atoms with Crippen LogP contribution in [0.4, 0.5) is 5.69 Å². The van der Waals surface area contributed by atoms with E-state index in [0.717, 1.165) is 16.0 Å². The van der Waals surface area contributed by atoms with E-state index in [9.17, 15) is 0 Å². The summed E-state index contributed by atoms with van der Waals surface area (Å²) in [6.45, 7) is 0.882. The molecule has 2 rings (SSSR count). The van der Waals surface area contributed by atoms with E-state index in [4.69, 9.17) is 26.8 Å². The fourth-order valence-electron chi connectivity index (χ4n) is 1.51. The first-order chi connectivity index (χ1) is 9.15. The highest BCUT2D eigenvalue weighted by atomic mass is 79.9. The van der Waals surface area contributed by atoms with E-state index in [1.54, 1.807) is 18.2 Å². The molecule has 3 nitrogen and oxygen atoms in total. The number of nitrogens with two attached hydrogens (primary N) is 1. The van der Waals surface area contributed by atoms with Gasteiger partial charge in [0.15, 0.2) is 0 Å². The summed E-state index contributed by atoms with van der Waals surface area (Å²) in [6.07, 6.45) is 0. The number of ether oxygens (including phenoxy) is 2. The molecule has 0 amide bonds. The standard InChI is InChI=1S/C14H13BrClNO2/c15-13-8-10(16)4-5-14(13)19-7-6-18-12-3-1-2-11(17)9-12/h1-5,8-9H,6-7,17H2. The van der Waals surface area contributed by atoms with Gasteiger partial charge in [-0.15, -0.1) is 0 Å². The van der Waals surface area contributed by atoms with Gasteiger partial charge in [-0.05, 0) is 46.3 Å². The molecular weight excluding hydrogens is 330 g/mol. The number of rotatable bonds is 5. The normalized spacial score (nSPS) is 10.2. The van der Waals surface area contributed by atoms with Crippen molar-refractivity contribution < 1.29 is 9.47 Å². The molecule has 0 aliphatic rings. The van der Waals surface area contributed by atoms with Crippen molar-refractivity contribution in [2.45, 2.75) is 0 Å². The predicted molar refractivity (Wildman–Crippen MR) is 81.0 cm³/mol. The molecule has 100 valence electrons. The van der Waals surface area contributed by atoms with Gasteiger partial charge in [0.05, 0.1) is 4.47 Å². The van der Waals surface area contributed by atoms with Crippen molar-refractivity contribution in [2.24, 2.45) is 0 Å². The second-order valence-electron chi connectivity index (χ2n) is 3.84. The third-order valence-corrected chi connectivity index (χ3v) is 3.22. The van der Waals surface area contributed by atoms with Gasteiger partial charge in [-0.25, -0.2) is 0 Å². The topological polar surface area (TPSA) is 44.5 Å². The highest BCUT2D eigenvalue weighted by Crippen LogP contribution is 2.27. The van der Waals surface area contributed by atoms with Crippen LogP contribution in [0.5, 0.6) is 11.5 Å². The quantitative estimate of drug-likeness (QED) is 0.656. The molecule has 2 N–H and O–H groups in total. The minimum atomic E-state index is 0.440. The predicted octanol–water partition coefficient (Wildman–Crippen LogP) is 4.14. The Morgan fingerprint density at radius 1 is 1.05 bits per heavy atom. The van der Waals surface area contributed by atoms with Gasteiger partial charge in [0.2, 0.25) is 0 Å². The molecule has 0 unspecified atom stereocenters. The fourth-order valence-corrected chi connectivity index (χ4v) is 2.30. The number of hydrogen-bond acceptors (Lipinski definition) is 3. The lowest BCUT2D eigenvalue weighted by Crippen LogP contribution is -2.09. The van der Waals surface area contributed by atoms with Crippen LogP contribution in [0.1, 0.15) is 0 Å². The summed E-state index contributed by atoms with van der Waals surface area (Å²) >= 11 is 9.24. The summed E-state index contributed by atoms with van der Waals surface area (Å²) in [4.78, 5) is 0. The molecule has 0 saturated carbocycles. The van der Waals surface area contributed by atoms with Crippen LogP contribution in [-0.2, 0) is 0 Å². The lowest BCUT2D eigenvalue weighted by molar-refractivity contribution is 0.216. The lowest BCUT2D eigenvalue weighted by Gasteiger charge is -2.10. The van der Waals surface area contributed by atoms with Crippen LogP contribution >= 0.6 is 27.5 Å². The zero-order valence-corrected chi connectivity index (χ0v) is 12.4. The summed E-state index contributed by atoms with van der Waals surface area (Å²) in [5.74, 6) is 1.47. The van der Waals surface area contributed by atoms with E-state index < -0.39 is 0 Å². The van der Waals surface area contributed by atoms with Gasteiger partial charge in [0.1, 0.15) is 24.7 Å². The molecule has 0 radical (unpaired) electrons. The van der Waals surface area contributed by atoms with Crippen LogP contribution in [-0.4, -0.2) is 13.2 Å². The molecule has 0 aliphatic carbocycles. The van der Waals surface area contributed by atoms with Crippen LogP contribution in [0.15, 0.2) is 46.9 Å². The minimum absolute atomic E-state index is 0.440. The molecule has 0 heterocycles. The summed E-state index contributed by atoms with van der Waals surface area (Å²) < 4.78 is 11.9. The number of anilines is 1. The van der Waals surface area contributed by atoms with Crippen molar-refractivity contribution in [3.05, 3.63) is 52.0 Å². The van der Waals surface area contributed by atoms with Gasteiger partial charge in [-0.3, -0.25) is 0 Å². The molecule has 0 spiro atoms. The molecule has 2 aromatic rings.